The van der Waals surface area contributed by atoms with Crippen molar-refractivity contribution in [1.82, 2.24) is 14.7 Å². The predicted octanol–water partition coefficient (Wildman–Crippen LogP) is 4.71. The van der Waals surface area contributed by atoms with Gasteiger partial charge in [0.25, 0.3) is 0 Å². The number of halogens is 1. The van der Waals surface area contributed by atoms with E-state index in [1.165, 1.54) is 36.1 Å². The molecule has 4 rings (SSSR count). The third-order valence-electron chi connectivity index (χ3n) is 6.45. The van der Waals surface area contributed by atoms with Crippen molar-refractivity contribution in [1.29, 1.82) is 0 Å². The van der Waals surface area contributed by atoms with Gasteiger partial charge in [-0.1, -0.05) is 48.0 Å². The molecule has 0 aromatic heterocycles. The van der Waals surface area contributed by atoms with Gasteiger partial charge in [0, 0.05) is 50.4 Å². The summed E-state index contributed by atoms with van der Waals surface area (Å²) in [4.78, 5) is 19.7. The Morgan fingerprint density at radius 3 is 2.69 bits per heavy atom. The zero-order valence-electron chi connectivity index (χ0n) is 19.3. The topological polar surface area (TPSA) is 26.8 Å². The Bertz CT molecular complexity index is 967. The average molecular weight is 452 g/mol. The number of benzene rings is 2. The van der Waals surface area contributed by atoms with E-state index in [9.17, 15) is 4.79 Å². The van der Waals surface area contributed by atoms with Gasteiger partial charge in [-0.15, -0.1) is 0 Å². The van der Waals surface area contributed by atoms with E-state index in [1.807, 2.05) is 49.3 Å². The van der Waals surface area contributed by atoms with E-state index in [0.29, 0.717) is 18.1 Å². The molecular weight excluding hydrogens is 418 g/mol. The van der Waals surface area contributed by atoms with Crippen molar-refractivity contribution in [3.63, 3.8) is 0 Å². The van der Waals surface area contributed by atoms with E-state index in [1.54, 1.807) is 6.08 Å². The molecule has 170 valence electrons. The molecule has 1 aliphatic heterocycles. The van der Waals surface area contributed by atoms with Crippen molar-refractivity contribution in [2.75, 3.05) is 40.3 Å². The third kappa shape index (κ3) is 6.22. The molecule has 0 saturated heterocycles. The Hall–Kier alpha value is -2.14. The number of carbonyl (C=O) groups excluding carboxylic acids is 1. The van der Waals surface area contributed by atoms with Gasteiger partial charge in [0.1, 0.15) is 0 Å². The van der Waals surface area contributed by atoms with Crippen LogP contribution in [0.5, 0.6) is 0 Å². The Labute approximate surface area is 197 Å². The minimum atomic E-state index is 0.0237. The molecule has 2 aromatic carbocycles. The van der Waals surface area contributed by atoms with Gasteiger partial charge in [0.05, 0.1) is 0 Å². The summed E-state index contributed by atoms with van der Waals surface area (Å²) in [6.07, 6.45) is 7.59. The SMILES string of the molecule is CN(C)CCN(Cc1ccccc1Cl)C(=O)C=Cc1cccc2c1CCN(CC1CC1)C2. The van der Waals surface area contributed by atoms with Crippen LogP contribution in [-0.4, -0.2) is 60.9 Å². The minimum absolute atomic E-state index is 0.0237. The summed E-state index contributed by atoms with van der Waals surface area (Å²) in [5, 5.41) is 0.701. The summed E-state index contributed by atoms with van der Waals surface area (Å²) in [7, 11) is 4.05. The van der Waals surface area contributed by atoms with Crippen LogP contribution in [0.15, 0.2) is 48.5 Å². The number of fused-ring (bicyclic) bond motifs is 1. The molecule has 1 saturated carbocycles. The van der Waals surface area contributed by atoms with E-state index in [4.69, 9.17) is 11.6 Å². The van der Waals surface area contributed by atoms with E-state index >= 15 is 0 Å². The van der Waals surface area contributed by atoms with Crippen LogP contribution in [0.25, 0.3) is 6.08 Å². The minimum Gasteiger partial charge on any atom is -0.333 e. The van der Waals surface area contributed by atoms with Gasteiger partial charge in [-0.2, -0.15) is 0 Å². The van der Waals surface area contributed by atoms with Crippen LogP contribution < -0.4 is 0 Å². The van der Waals surface area contributed by atoms with Crippen molar-refractivity contribution in [3.05, 3.63) is 75.8 Å². The van der Waals surface area contributed by atoms with Crippen LogP contribution >= 0.6 is 11.6 Å². The third-order valence-corrected chi connectivity index (χ3v) is 6.82. The molecule has 1 amide bonds. The highest BCUT2D eigenvalue weighted by atomic mass is 35.5. The smallest absolute Gasteiger partial charge is 0.246 e. The predicted molar refractivity (Wildman–Crippen MR) is 133 cm³/mol. The molecule has 0 bridgehead atoms. The lowest BCUT2D eigenvalue weighted by molar-refractivity contribution is -0.126. The van der Waals surface area contributed by atoms with E-state index in [-0.39, 0.29) is 5.91 Å². The summed E-state index contributed by atoms with van der Waals surface area (Å²) < 4.78 is 0. The number of rotatable bonds is 9. The summed E-state index contributed by atoms with van der Waals surface area (Å²) in [6.45, 7) is 5.36. The van der Waals surface area contributed by atoms with Crippen LogP contribution in [0.1, 0.15) is 35.1 Å². The van der Waals surface area contributed by atoms with Crippen LogP contribution in [0.2, 0.25) is 5.02 Å². The summed E-state index contributed by atoms with van der Waals surface area (Å²) in [6, 6.07) is 14.3. The first kappa shape index (κ1) is 23.0. The van der Waals surface area contributed by atoms with Crippen molar-refractivity contribution in [2.24, 2.45) is 5.92 Å². The van der Waals surface area contributed by atoms with Crippen LogP contribution in [0, 0.1) is 5.92 Å². The van der Waals surface area contributed by atoms with Gasteiger partial charge in [-0.25, -0.2) is 0 Å². The van der Waals surface area contributed by atoms with E-state index in [0.717, 1.165) is 37.5 Å². The fourth-order valence-corrected chi connectivity index (χ4v) is 4.56. The summed E-state index contributed by atoms with van der Waals surface area (Å²) in [5.41, 5.74) is 4.95. The molecule has 0 atom stereocenters. The highest BCUT2D eigenvalue weighted by molar-refractivity contribution is 6.31. The Morgan fingerprint density at radius 1 is 1.12 bits per heavy atom. The fraction of sp³-hybridized carbons (Fsp3) is 0.444. The van der Waals surface area contributed by atoms with Gasteiger partial charge < -0.3 is 9.80 Å². The second-order valence-electron chi connectivity index (χ2n) is 9.40. The van der Waals surface area contributed by atoms with Gasteiger partial charge >= 0.3 is 0 Å². The number of nitrogens with zero attached hydrogens (tertiary/aromatic N) is 3. The van der Waals surface area contributed by atoms with Crippen molar-refractivity contribution < 1.29 is 4.79 Å². The molecule has 1 fully saturated rings. The lowest BCUT2D eigenvalue weighted by Crippen LogP contribution is -2.35. The largest absolute Gasteiger partial charge is 0.333 e. The lowest BCUT2D eigenvalue weighted by atomic mass is 9.94. The quantitative estimate of drug-likeness (QED) is 0.516. The second kappa shape index (κ2) is 10.7. The van der Waals surface area contributed by atoms with Gasteiger partial charge in [-0.05, 0) is 73.7 Å². The highest BCUT2D eigenvalue weighted by Crippen LogP contribution is 2.32. The normalized spacial score (nSPS) is 16.5. The maximum atomic E-state index is 13.2. The first-order chi connectivity index (χ1) is 15.5. The van der Waals surface area contributed by atoms with Crippen LogP contribution in [0.4, 0.5) is 0 Å². The summed E-state index contributed by atoms with van der Waals surface area (Å²) >= 11 is 6.36. The second-order valence-corrected chi connectivity index (χ2v) is 9.81. The number of carbonyl (C=O) groups is 1. The molecular formula is C27H34ClN3O. The Kier molecular flexibility index (Phi) is 7.67. The molecule has 0 spiro atoms. The first-order valence-electron chi connectivity index (χ1n) is 11.7. The first-order valence-corrected chi connectivity index (χ1v) is 12.1. The molecule has 2 aromatic rings. The van der Waals surface area contributed by atoms with Crippen LogP contribution in [-0.2, 0) is 24.3 Å². The molecule has 5 heteroatoms. The zero-order chi connectivity index (χ0) is 22.5. The molecule has 1 aliphatic carbocycles. The maximum absolute atomic E-state index is 13.2. The molecule has 0 radical (unpaired) electrons. The average Bonchev–Trinajstić information content (AvgIpc) is 3.59. The van der Waals surface area contributed by atoms with Crippen LogP contribution in [0.3, 0.4) is 0 Å². The van der Waals surface area contributed by atoms with Gasteiger partial charge in [-0.3, -0.25) is 9.69 Å². The number of hydrogen-bond acceptors (Lipinski definition) is 3. The van der Waals surface area contributed by atoms with Crippen molar-refractivity contribution in [3.8, 4) is 0 Å². The maximum Gasteiger partial charge on any atom is 0.246 e. The monoisotopic (exact) mass is 451 g/mol. The molecule has 2 aliphatic rings. The van der Waals surface area contributed by atoms with Crippen molar-refractivity contribution >= 4 is 23.6 Å². The molecule has 4 nitrogen and oxygen atoms in total. The van der Waals surface area contributed by atoms with Gasteiger partial charge in [0.15, 0.2) is 0 Å². The van der Waals surface area contributed by atoms with E-state index < -0.39 is 0 Å². The molecule has 0 unspecified atom stereocenters. The standard InChI is InChI=1S/C27H34ClN3O/c1-29(2)16-17-31(20-24-6-3-4-9-26(24)28)27(32)13-12-22-7-5-8-23-19-30(15-14-25(22)23)18-21-10-11-21/h3-9,12-13,21H,10-11,14-20H2,1-2H3. The molecule has 32 heavy (non-hydrogen) atoms. The van der Waals surface area contributed by atoms with E-state index in [2.05, 4.69) is 28.0 Å². The highest BCUT2D eigenvalue weighted by Gasteiger charge is 2.26. The van der Waals surface area contributed by atoms with Gasteiger partial charge in [0.2, 0.25) is 5.91 Å². The van der Waals surface area contributed by atoms with Crippen molar-refractivity contribution in [2.45, 2.75) is 32.4 Å². The Balaban J connectivity index is 1.46. The number of hydrogen-bond donors (Lipinski definition) is 0. The number of amides is 1. The zero-order valence-corrected chi connectivity index (χ0v) is 20.0. The molecule has 1 heterocycles. The number of likely N-dealkylation sites (N-methyl/N-ethyl adjacent to an activating group) is 1. The molecule has 0 N–H and O–H groups in total. The fourth-order valence-electron chi connectivity index (χ4n) is 4.36. The Morgan fingerprint density at radius 2 is 1.94 bits per heavy atom. The lowest BCUT2D eigenvalue weighted by Gasteiger charge is -2.29. The summed E-state index contributed by atoms with van der Waals surface area (Å²) in [5.74, 6) is 0.944.